The van der Waals surface area contributed by atoms with Gasteiger partial charge in [0.1, 0.15) is 9.96 Å². The summed E-state index contributed by atoms with van der Waals surface area (Å²) >= 11 is 1.21. The lowest BCUT2D eigenvalue weighted by Gasteiger charge is -2.30. The first kappa shape index (κ1) is 19.9. The lowest BCUT2D eigenvalue weighted by atomic mass is 9.99. The van der Waals surface area contributed by atoms with Crippen LogP contribution in [0, 0.1) is 5.92 Å². The van der Waals surface area contributed by atoms with E-state index in [9.17, 15) is 13.2 Å². The highest BCUT2D eigenvalue weighted by Gasteiger charge is 2.33. The smallest absolute Gasteiger partial charge is 0.252 e. The molecule has 6 nitrogen and oxygen atoms in total. The standard InChI is InChI=1S/C19H24N2O4S2/c1-25-17-8-6-15(7-9-17)10-11-20-19(22)16-4-2-12-21(14-16)27(23,24)18-5-3-13-26-18/h3,5-9,13,16H,2,4,10-12,14H2,1H3,(H,20,22)/t16-/m1/s1. The topological polar surface area (TPSA) is 75.7 Å². The molecule has 0 spiro atoms. The van der Waals surface area contributed by atoms with E-state index >= 15 is 0 Å². The van der Waals surface area contributed by atoms with Gasteiger partial charge in [0, 0.05) is 19.6 Å². The molecule has 27 heavy (non-hydrogen) atoms. The number of nitrogens with zero attached hydrogens (tertiary/aromatic N) is 1. The first-order valence-electron chi connectivity index (χ1n) is 8.95. The Balaban J connectivity index is 1.52. The van der Waals surface area contributed by atoms with Crippen molar-refractivity contribution >= 4 is 27.3 Å². The fourth-order valence-corrected chi connectivity index (χ4v) is 5.85. The average Bonchev–Trinajstić information content (AvgIpc) is 3.24. The van der Waals surface area contributed by atoms with Gasteiger partial charge >= 0.3 is 0 Å². The van der Waals surface area contributed by atoms with Gasteiger partial charge in [0.2, 0.25) is 5.91 Å². The van der Waals surface area contributed by atoms with Crippen molar-refractivity contribution in [1.29, 1.82) is 0 Å². The second-order valence-electron chi connectivity index (χ2n) is 6.52. The number of sulfonamides is 1. The van der Waals surface area contributed by atoms with E-state index in [0.29, 0.717) is 30.1 Å². The van der Waals surface area contributed by atoms with E-state index in [0.717, 1.165) is 17.7 Å². The van der Waals surface area contributed by atoms with Crippen LogP contribution in [0.15, 0.2) is 46.0 Å². The molecule has 2 heterocycles. The molecule has 8 heteroatoms. The highest BCUT2D eigenvalue weighted by atomic mass is 32.2. The number of hydrogen-bond donors (Lipinski definition) is 1. The molecule has 146 valence electrons. The van der Waals surface area contributed by atoms with Crippen LogP contribution in [0.2, 0.25) is 0 Å². The number of rotatable bonds is 7. The monoisotopic (exact) mass is 408 g/mol. The second-order valence-corrected chi connectivity index (χ2v) is 9.64. The normalized spacial score (nSPS) is 18.2. The molecule has 1 aliphatic heterocycles. The van der Waals surface area contributed by atoms with Gasteiger partial charge in [-0.1, -0.05) is 18.2 Å². The average molecular weight is 409 g/mol. The largest absolute Gasteiger partial charge is 0.497 e. The van der Waals surface area contributed by atoms with Crippen molar-refractivity contribution in [3.63, 3.8) is 0 Å². The maximum Gasteiger partial charge on any atom is 0.252 e. The maximum atomic E-state index is 12.7. The third-order valence-corrected chi connectivity index (χ3v) is 7.95. The number of piperidine rings is 1. The number of methoxy groups -OCH3 is 1. The molecule has 0 unspecified atom stereocenters. The molecule has 1 aromatic heterocycles. The Labute approximate surface area is 164 Å². The molecule has 3 rings (SSSR count). The highest BCUT2D eigenvalue weighted by Crippen LogP contribution is 2.26. The third kappa shape index (κ3) is 4.88. The summed E-state index contributed by atoms with van der Waals surface area (Å²) in [4.78, 5) is 12.5. The zero-order valence-electron chi connectivity index (χ0n) is 15.3. The Kier molecular flexibility index (Phi) is 6.51. The van der Waals surface area contributed by atoms with Crippen molar-refractivity contribution in [2.45, 2.75) is 23.5 Å². The molecular formula is C19H24N2O4S2. The molecule has 1 amide bonds. The van der Waals surface area contributed by atoms with Gasteiger partial charge in [-0.25, -0.2) is 8.42 Å². The minimum absolute atomic E-state index is 0.0745. The van der Waals surface area contributed by atoms with Gasteiger partial charge < -0.3 is 10.1 Å². The number of thiophene rings is 1. The van der Waals surface area contributed by atoms with Crippen molar-refractivity contribution in [3.8, 4) is 5.75 Å². The number of hydrogen-bond acceptors (Lipinski definition) is 5. The predicted molar refractivity (Wildman–Crippen MR) is 106 cm³/mol. The van der Waals surface area contributed by atoms with Crippen molar-refractivity contribution in [3.05, 3.63) is 47.3 Å². The Morgan fingerprint density at radius 2 is 2.07 bits per heavy atom. The number of ether oxygens (including phenoxy) is 1. The highest BCUT2D eigenvalue weighted by molar-refractivity contribution is 7.91. The van der Waals surface area contributed by atoms with Crippen LogP contribution in [-0.4, -0.2) is 45.4 Å². The summed E-state index contributed by atoms with van der Waals surface area (Å²) in [7, 11) is -1.87. The fraction of sp³-hybridized carbons (Fsp3) is 0.421. The van der Waals surface area contributed by atoms with Crippen molar-refractivity contribution < 1.29 is 17.9 Å². The lowest BCUT2D eigenvalue weighted by Crippen LogP contribution is -2.45. The van der Waals surface area contributed by atoms with E-state index in [1.54, 1.807) is 24.6 Å². The third-order valence-electron chi connectivity index (χ3n) is 4.72. The molecule has 0 aliphatic carbocycles. The quantitative estimate of drug-likeness (QED) is 0.764. The van der Waals surface area contributed by atoms with Gasteiger partial charge in [0.25, 0.3) is 10.0 Å². The molecule has 0 bridgehead atoms. The summed E-state index contributed by atoms with van der Waals surface area (Å²) in [5.41, 5.74) is 1.11. The van der Waals surface area contributed by atoms with Gasteiger partial charge in [-0.15, -0.1) is 11.3 Å². The summed E-state index contributed by atoms with van der Waals surface area (Å²) in [5.74, 6) is 0.427. The Bertz CT molecular complexity index is 848. The SMILES string of the molecule is COc1ccc(CCNC(=O)[C@@H]2CCCN(S(=O)(=O)c3cccs3)C2)cc1. The number of amides is 1. The minimum Gasteiger partial charge on any atom is -0.497 e. The van der Waals surface area contributed by atoms with E-state index in [1.807, 2.05) is 24.3 Å². The molecule has 0 radical (unpaired) electrons. The Morgan fingerprint density at radius 3 is 2.74 bits per heavy atom. The summed E-state index contributed by atoms with van der Waals surface area (Å²) in [5, 5.41) is 4.70. The summed E-state index contributed by atoms with van der Waals surface area (Å²) in [6.07, 6.45) is 2.13. The second kappa shape index (κ2) is 8.86. The fourth-order valence-electron chi connectivity index (χ4n) is 3.18. The van der Waals surface area contributed by atoms with E-state index in [1.165, 1.54) is 15.6 Å². The molecule has 1 atom stereocenters. The molecule has 1 N–H and O–H groups in total. The molecular weight excluding hydrogens is 384 g/mol. The van der Waals surface area contributed by atoms with Gasteiger partial charge in [-0.3, -0.25) is 4.79 Å². The number of carbonyl (C=O) groups is 1. The lowest BCUT2D eigenvalue weighted by molar-refractivity contribution is -0.126. The molecule has 1 aromatic carbocycles. The van der Waals surface area contributed by atoms with Crippen LogP contribution >= 0.6 is 11.3 Å². The summed E-state index contributed by atoms with van der Waals surface area (Å²) < 4.78 is 32.2. The van der Waals surface area contributed by atoms with Crippen molar-refractivity contribution in [2.75, 3.05) is 26.7 Å². The van der Waals surface area contributed by atoms with Gasteiger partial charge in [-0.2, -0.15) is 4.31 Å². The van der Waals surface area contributed by atoms with Crippen LogP contribution in [0.5, 0.6) is 5.75 Å². The predicted octanol–water partition coefficient (Wildman–Crippen LogP) is 2.52. The summed E-state index contributed by atoms with van der Waals surface area (Å²) in [6, 6.07) is 11.1. The van der Waals surface area contributed by atoms with Crippen LogP contribution in [0.1, 0.15) is 18.4 Å². The maximum absolute atomic E-state index is 12.7. The van der Waals surface area contributed by atoms with E-state index in [4.69, 9.17) is 4.74 Å². The van der Waals surface area contributed by atoms with Crippen LogP contribution in [0.4, 0.5) is 0 Å². The van der Waals surface area contributed by atoms with Crippen molar-refractivity contribution in [1.82, 2.24) is 9.62 Å². The number of benzene rings is 1. The van der Waals surface area contributed by atoms with Crippen molar-refractivity contribution in [2.24, 2.45) is 5.92 Å². The van der Waals surface area contributed by atoms with Crippen LogP contribution in [0.3, 0.4) is 0 Å². The molecule has 0 saturated carbocycles. The first-order valence-corrected chi connectivity index (χ1v) is 11.3. The zero-order valence-corrected chi connectivity index (χ0v) is 16.9. The Morgan fingerprint density at radius 1 is 1.30 bits per heavy atom. The molecule has 1 fully saturated rings. The molecule has 1 aliphatic rings. The van der Waals surface area contributed by atoms with Gasteiger partial charge in [0.15, 0.2) is 0 Å². The first-order chi connectivity index (χ1) is 13.0. The van der Waals surface area contributed by atoms with Crippen LogP contribution in [0.25, 0.3) is 0 Å². The van der Waals surface area contributed by atoms with Crippen LogP contribution < -0.4 is 10.1 Å². The van der Waals surface area contributed by atoms with E-state index in [2.05, 4.69) is 5.32 Å². The summed E-state index contributed by atoms with van der Waals surface area (Å²) in [6.45, 7) is 1.24. The van der Waals surface area contributed by atoms with E-state index < -0.39 is 10.0 Å². The zero-order chi connectivity index (χ0) is 19.3. The van der Waals surface area contributed by atoms with Gasteiger partial charge in [0.05, 0.1) is 13.0 Å². The molecule has 1 saturated heterocycles. The minimum atomic E-state index is -3.50. The molecule has 2 aromatic rings. The van der Waals surface area contributed by atoms with Crippen LogP contribution in [-0.2, 0) is 21.2 Å². The Hall–Kier alpha value is -1.90. The number of carbonyl (C=O) groups excluding carboxylic acids is 1. The van der Waals surface area contributed by atoms with Gasteiger partial charge in [-0.05, 0) is 48.4 Å². The number of nitrogens with one attached hydrogen (secondary N) is 1. The van der Waals surface area contributed by atoms with E-state index in [-0.39, 0.29) is 18.4 Å².